The summed E-state index contributed by atoms with van der Waals surface area (Å²) in [7, 11) is 0. The molecule has 118 valence electrons. The van der Waals surface area contributed by atoms with Crippen molar-refractivity contribution in [3.05, 3.63) is 35.3 Å². The van der Waals surface area contributed by atoms with Crippen LogP contribution in [-0.2, 0) is 13.0 Å². The van der Waals surface area contributed by atoms with E-state index in [4.69, 9.17) is 4.42 Å². The standard InChI is InChI=1S/C18H20N4O/c1-12-9-15(12)16-7-6-14(23-16)10-13(11-19)18-21-20-17-5-3-2-4-8-22(17)18/h6-7,10,12,15H,2-5,8-9H2,1H3/b13-10+/t12-,15+/m1/s1. The van der Waals surface area contributed by atoms with E-state index in [9.17, 15) is 5.26 Å². The number of aromatic nitrogens is 3. The van der Waals surface area contributed by atoms with Gasteiger partial charge in [-0.15, -0.1) is 10.2 Å². The van der Waals surface area contributed by atoms with Crippen LogP contribution in [0, 0.1) is 17.2 Å². The van der Waals surface area contributed by atoms with Crippen molar-refractivity contribution < 1.29 is 4.42 Å². The molecule has 1 aliphatic carbocycles. The van der Waals surface area contributed by atoms with Gasteiger partial charge in [-0.05, 0) is 37.3 Å². The van der Waals surface area contributed by atoms with Crippen LogP contribution in [0.25, 0.3) is 11.6 Å². The number of rotatable bonds is 3. The highest BCUT2D eigenvalue weighted by Gasteiger charge is 2.36. The number of allylic oxidation sites excluding steroid dienone is 1. The van der Waals surface area contributed by atoms with E-state index in [1.165, 1.54) is 12.8 Å². The van der Waals surface area contributed by atoms with Crippen molar-refractivity contribution in [2.45, 2.75) is 51.5 Å². The molecular formula is C18H20N4O. The summed E-state index contributed by atoms with van der Waals surface area (Å²) in [4.78, 5) is 0. The van der Waals surface area contributed by atoms with Crippen LogP contribution in [0.4, 0.5) is 0 Å². The molecule has 23 heavy (non-hydrogen) atoms. The predicted molar refractivity (Wildman–Crippen MR) is 86.3 cm³/mol. The van der Waals surface area contributed by atoms with E-state index in [1.807, 2.05) is 12.1 Å². The van der Waals surface area contributed by atoms with Gasteiger partial charge < -0.3 is 8.98 Å². The van der Waals surface area contributed by atoms with Crippen molar-refractivity contribution in [3.63, 3.8) is 0 Å². The van der Waals surface area contributed by atoms with E-state index in [1.54, 1.807) is 6.08 Å². The molecule has 0 N–H and O–H groups in total. The highest BCUT2D eigenvalue weighted by Crippen LogP contribution is 2.47. The van der Waals surface area contributed by atoms with E-state index in [2.05, 4.69) is 27.8 Å². The molecule has 1 saturated carbocycles. The molecule has 0 spiro atoms. The number of aryl methyl sites for hydroxylation is 1. The molecule has 5 nitrogen and oxygen atoms in total. The van der Waals surface area contributed by atoms with Gasteiger partial charge in [0.2, 0.25) is 0 Å². The molecule has 0 bridgehead atoms. The van der Waals surface area contributed by atoms with E-state index in [0.717, 1.165) is 43.2 Å². The Morgan fingerprint density at radius 3 is 3.00 bits per heavy atom. The zero-order valence-corrected chi connectivity index (χ0v) is 13.3. The summed E-state index contributed by atoms with van der Waals surface area (Å²) >= 11 is 0. The van der Waals surface area contributed by atoms with Gasteiger partial charge in [0.1, 0.15) is 29.0 Å². The monoisotopic (exact) mass is 308 g/mol. The van der Waals surface area contributed by atoms with Crippen molar-refractivity contribution in [2.24, 2.45) is 5.92 Å². The van der Waals surface area contributed by atoms with E-state index < -0.39 is 0 Å². The lowest BCUT2D eigenvalue weighted by atomic mass is 10.2. The summed E-state index contributed by atoms with van der Waals surface area (Å²) in [5.74, 6) is 4.67. The first-order chi connectivity index (χ1) is 11.3. The SMILES string of the molecule is C[C@@H]1C[C@@H]1c1ccc(/C=C(\C#N)c2nnc3n2CCCCC3)o1. The molecule has 2 aliphatic rings. The minimum Gasteiger partial charge on any atom is -0.461 e. The number of hydrogen-bond donors (Lipinski definition) is 0. The largest absolute Gasteiger partial charge is 0.461 e. The fourth-order valence-corrected chi connectivity index (χ4v) is 3.34. The summed E-state index contributed by atoms with van der Waals surface area (Å²) in [6.45, 7) is 3.12. The topological polar surface area (TPSA) is 67.6 Å². The molecular weight excluding hydrogens is 288 g/mol. The van der Waals surface area contributed by atoms with E-state index in [-0.39, 0.29) is 0 Å². The first kappa shape index (κ1) is 14.3. The van der Waals surface area contributed by atoms with Gasteiger partial charge in [0.05, 0.1) is 0 Å². The van der Waals surface area contributed by atoms with Gasteiger partial charge in [0, 0.05) is 25.0 Å². The normalized spacial score (nSPS) is 23.9. The minimum absolute atomic E-state index is 0.524. The maximum Gasteiger partial charge on any atom is 0.174 e. The Kier molecular flexibility index (Phi) is 3.53. The fourth-order valence-electron chi connectivity index (χ4n) is 3.34. The molecule has 0 amide bonds. The zero-order valence-electron chi connectivity index (χ0n) is 13.3. The highest BCUT2D eigenvalue weighted by molar-refractivity contribution is 5.86. The molecule has 4 rings (SSSR count). The van der Waals surface area contributed by atoms with Crippen LogP contribution in [0.5, 0.6) is 0 Å². The lowest BCUT2D eigenvalue weighted by molar-refractivity contribution is 0.498. The van der Waals surface area contributed by atoms with E-state index >= 15 is 0 Å². The van der Waals surface area contributed by atoms with Crippen molar-refractivity contribution in [1.82, 2.24) is 14.8 Å². The molecule has 5 heteroatoms. The third-order valence-electron chi connectivity index (χ3n) is 4.88. The van der Waals surface area contributed by atoms with Crippen LogP contribution in [0.1, 0.15) is 61.7 Å². The molecule has 2 aromatic heterocycles. The van der Waals surface area contributed by atoms with Crippen LogP contribution in [0.2, 0.25) is 0 Å². The average Bonchev–Trinajstić information content (AvgIpc) is 3.00. The molecule has 0 radical (unpaired) electrons. The lowest BCUT2D eigenvalue weighted by Crippen LogP contribution is -2.05. The minimum atomic E-state index is 0.524. The molecule has 0 saturated heterocycles. The highest BCUT2D eigenvalue weighted by atomic mass is 16.3. The number of nitriles is 1. The Labute approximate surface area is 135 Å². The van der Waals surface area contributed by atoms with Gasteiger partial charge in [0.25, 0.3) is 0 Å². The first-order valence-electron chi connectivity index (χ1n) is 8.40. The molecule has 2 aromatic rings. The third kappa shape index (κ3) is 2.70. The summed E-state index contributed by atoms with van der Waals surface area (Å²) in [6.07, 6.45) is 7.38. The number of nitrogens with zero attached hydrogens (tertiary/aromatic N) is 4. The second kappa shape index (κ2) is 5.69. The second-order valence-electron chi connectivity index (χ2n) is 6.63. The van der Waals surface area contributed by atoms with Crippen molar-refractivity contribution in [3.8, 4) is 6.07 Å². The molecule has 1 fully saturated rings. The predicted octanol–water partition coefficient (Wildman–Crippen LogP) is 3.79. The average molecular weight is 308 g/mol. The van der Waals surface area contributed by atoms with E-state index in [0.29, 0.717) is 23.2 Å². The van der Waals surface area contributed by atoms with Crippen LogP contribution < -0.4 is 0 Å². The Bertz CT molecular complexity index is 792. The van der Waals surface area contributed by atoms with Crippen molar-refractivity contribution in [1.29, 1.82) is 5.26 Å². The van der Waals surface area contributed by atoms with Crippen molar-refractivity contribution in [2.75, 3.05) is 0 Å². The smallest absolute Gasteiger partial charge is 0.174 e. The zero-order chi connectivity index (χ0) is 15.8. The third-order valence-corrected chi connectivity index (χ3v) is 4.88. The summed E-state index contributed by atoms with van der Waals surface area (Å²) in [5.41, 5.74) is 0.524. The first-order valence-corrected chi connectivity index (χ1v) is 8.40. The molecule has 0 aromatic carbocycles. The van der Waals surface area contributed by atoms with Crippen LogP contribution in [0.15, 0.2) is 16.5 Å². The quantitative estimate of drug-likeness (QED) is 0.809. The maximum absolute atomic E-state index is 9.56. The Balaban J connectivity index is 1.65. The Morgan fingerprint density at radius 1 is 1.35 bits per heavy atom. The molecule has 0 unspecified atom stereocenters. The Morgan fingerprint density at radius 2 is 2.22 bits per heavy atom. The number of furan rings is 1. The fraction of sp³-hybridized carbons (Fsp3) is 0.500. The van der Waals surface area contributed by atoms with Crippen LogP contribution in [-0.4, -0.2) is 14.8 Å². The summed E-state index contributed by atoms with van der Waals surface area (Å²) in [6, 6.07) is 6.23. The van der Waals surface area contributed by atoms with Gasteiger partial charge in [-0.2, -0.15) is 5.26 Å². The van der Waals surface area contributed by atoms with Gasteiger partial charge in [-0.3, -0.25) is 0 Å². The summed E-state index contributed by atoms with van der Waals surface area (Å²) in [5, 5.41) is 18.1. The van der Waals surface area contributed by atoms with Gasteiger partial charge >= 0.3 is 0 Å². The van der Waals surface area contributed by atoms with Crippen molar-refractivity contribution >= 4 is 11.6 Å². The van der Waals surface area contributed by atoms with Gasteiger partial charge in [-0.1, -0.05) is 13.3 Å². The molecule has 3 heterocycles. The Hall–Kier alpha value is -2.35. The number of fused-ring (bicyclic) bond motifs is 1. The molecule has 2 atom stereocenters. The maximum atomic E-state index is 9.56. The second-order valence-corrected chi connectivity index (χ2v) is 6.63. The van der Waals surface area contributed by atoms with Gasteiger partial charge in [0.15, 0.2) is 5.82 Å². The van der Waals surface area contributed by atoms with Crippen LogP contribution >= 0.6 is 0 Å². The number of hydrogen-bond acceptors (Lipinski definition) is 4. The summed E-state index contributed by atoms with van der Waals surface area (Å²) < 4.78 is 7.98. The molecule has 1 aliphatic heterocycles. The lowest BCUT2D eigenvalue weighted by Gasteiger charge is -2.05. The van der Waals surface area contributed by atoms with Gasteiger partial charge in [-0.25, -0.2) is 0 Å². The van der Waals surface area contributed by atoms with Crippen LogP contribution in [0.3, 0.4) is 0 Å².